The summed E-state index contributed by atoms with van der Waals surface area (Å²) in [5, 5.41) is 3.43. The molecule has 4 nitrogen and oxygen atoms in total. The van der Waals surface area contributed by atoms with E-state index in [-0.39, 0.29) is 29.8 Å². The van der Waals surface area contributed by atoms with E-state index in [0.29, 0.717) is 5.25 Å². The Morgan fingerprint density at radius 1 is 1.33 bits per heavy atom. The smallest absolute Gasteiger partial charge is 0.245 e. The fourth-order valence-electron chi connectivity index (χ4n) is 3.32. The number of nitrogens with one attached hydrogen (secondary N) is 1. The Balaban J connectivity index is 2.12. The summed E-state index contributed by atoms with van der Waals surface area (Å²) >= 11 is 1.96. The van der Waals surface area contributed by atoms with Crippen LogP contribution in [-0.2, 0) is 9.59 Å². The second-order valence-corrected chi connectivity index (χ2v) is 7.93. The van der Waals surface area contributed by atoms with Gasteiger partial charge in [-0.05, 0) is 30.9 Å². The van der Waals surface area contributed by atoms with Crippen LogP contribution >= 0.6 is 11.8 Å². The fourth-order valence-corrected chi connectivity index (χ4v) is 4.62. The molecule has 0 aliphatic carbocycles. The van der Waals surface area contributed by atoms with Gasteiger partial charge in [-0.25, -0.2) is 0 Å². The van der Waals surface area contributed by atoms with Crippen LogP contribution in [0.15, 0.2) is 0 Å². The molecule has 0 bridgehead atoms. The molecule has 3 atom stereocenters. The lowest BCUT2D eigenvalue weighted by atomic mass is 9.95. The van der Waals surface area contributed by atoms with Gasteiger partial charge in [-0.15, -0.1) is 0 Å². The van der Waals surface area contributed by atoms with Crippen LogP contribution in [-0.4, -0.2) is 46.3 Å². The first kappa shape index (κ1) is 16.7. The van der Waals surface area contributed by atoms with Gasteiger partial charge < -0.3 is 10.2 Å². The largest absolute Gasteiger partial charge is 0.342 e. The highest BCUT2D eigenvalue weighted by molar-refractivity contribution is 7.99. The molecule has 0 saturated carbocycles. The van der Waals surface area contributed by atoms with Gasteiger partial charge in [0.2, 0.25) is 11.8 Å². The van der Waals surface area contributed by atoms with Crippen LogP contribution in [0.4, 0.5) is 0 Å². The predicted octanol–water partition coefficient (Wildman–Crippen LogP) is 2.42. The van der Waals surface area contributed by atoms with Crippen LogP contribution in [0.3, 0.4) is 0 Å². The maximum atomic E-state index is 12.8. The maximum absolute atomic E-state index is 12.8. The normalized spacial score (nSPS) is 30.7. The molecule has 0 aromatic rings. The highest BCUT2D eigenvalue weighted by atomic mass is 32.2. The molecule has 5 heteroatoms. The highest BCUT2D eigenvalue weighted by Crippen LogP contribution is 2.28. The van der Waals surface area contributed by atoms with E-state index in [4.69, 9.17) is 0 Å². The third-order valence-corrected chi connectivity index (χ3v) is 5.77. The molecule has 2 amide bonds. The SMILES string of the molecule is CCCC1NC(=O)C(C(C)C)N(CC2CCCCS2)C1=O. The number of carbonyl (C=O) groups is 2. The van der Waals surface area contributed by atoms with Gasteiger partial charge in [0.1, 0.15) is 12.1 Å². The van der Waals surface area contributed by atoms with Gasteiger partial charge in [0, 0.05) is 11.8 Å². The highest BCUT2D eigenvalue weighted by Gasteiger charge is 2.42. The van der Waals surface area contributed by atoms with Crippen molar-refractivity contribution in [3.63, 3.8) is 0 Å². The Hall–Kier alpha value is -0.710. The number of carbonyl (C=O) groups excluding carboxylic acids is 2. The Morgan fingerprint density at radius 3 is 2.67 bits per heavy atom. The number of amides is 2. The van der Waals surface area contributed by atoms with E-state index in [1.807, 2.05) is 30.5 Å². The Kier molecular flexibility index (Phi) is 5.97. The molecule has 1 N–H and O–H groups in total. The van der Waals surface area contributed by atoms with Crippen molar-refractivity contribution in [2.75, 3.05) is 12.3 Å². The van der Waals surface area contributed by atoms with Crippen LogP contribution in [0.25, 0.3) is 0 Å². The Bertz CT molecular complexity index is 380. The summed E-state index contributed by atoms with van der Waals surface area (Å²) in [4.78, 5) is 27.0. The second-order valence-electron chi connectivity index (χ2n) is 6.52. The van der Waals surface area contributed by atoms with Gasteiger partial charge in [0.05, 0.1) is 0 Å². The number of thioether (sulfide) groups is 1. The summed E-state index contributed by atoms with van der Waals surface area (Å²) < 4.78 is 0. The molecule has 0 aromatic carbocycles. The van der Waals surface area contributed by atoms with E-state index < -0.39 is 0 Å². The van der Waals surface area contributed by atoms with E-state index in [9.17, 15) is 9.59 Å². The molecule has 2 fully saturated rings. The number of hydrogen-bond donors (Lipinski definition) is 1. The summed E-state index contributed by atoms with van der Waals surface area (Å²) in [6.07, 6.45) is 5.34. The first-order valence-corrected chi connectivity index (χ1v) is 9.32. The van der Waals surface area contributed by atoms with E-state index in [2.05, 4.69) is 12.2 Å². The Morgan fingerprint density at radius 2 is 2.10 bits per heavy atom. The maximum Gasteiger partial charge on any atom is 0.245 e. The molecule has 2 heterocycles. The number of nitrogens with zero attached hydrogens (tertiary/aromatic N) is 1. The van der Waals surface area contributed by atoms with E-state index in [1.165, 1.54) is 25.0 Å². The minimum absolute atomic E-state index is 0.0314. The van der Waals surface area contributed by atoms with Gasteiger partial charge in [0.15, 0.2) is 0 Å². The predicted molar refractivity (Wildman–Crippen MR) is 87.3 cm³/mol. The number of rotatable bonds is 5. The van der Waals surface area contributed by atoms with Crippen molar-refractivity contribution in [1.82, 2.24) is 10.2 Å². The summed E-state index contributed by atoms with van der Waals surface area (Å²) in [6, 6.07) is -0.612. The van der Waals surface area contributed by atoms with Gasteiger partial charge in [-0.3, -0.25) is 9.59 Å². The number of hydrogen-bond acceptors (Lipinski definition) is 3. The zero-order valence-corrected chi connectivity index (χ0v) is 14.2. The second kappa shape index (κ2) is 7.52. The van der Waals surface area contributed by atoms with E-state index in [1.54, 1.807) is 0 Å². The van der Waals surface area contributed by atoms with Crippen molar-refractivity contribution in [3.05, 3.63) is 0 Å². The molecular formula is C16H28N2O2S. The third kappa shape index (κ3) is 3.93. The van der Waals surface area contributed by atoms with Crippen molar-refractivity contribution in [1.29, 1.82) is 0 Å². The quantitative estimate of drug-likeness (QED) is 0.848. The van der Waals surface area contributed by atoms with Crippen LogP contribution in [0.2, 0.25) is 0 Å². The average molecular weight is 312 g/mol. The van der Waals surface area contributed by atoms with Gasteiger partial charge in [-0.1, -0.05) is 33.6 Å². The standard InChI is InChI=1S/C16H28N2O2S/c1-4-7-13-16(20)18(10-12-8-5-6-9-21-12)14(11(2)3)15(19)17-13/h11-14H,4-10H2,1-3H3,(H,17,19). The van der Waals surface area contributed by atoms with Gasteiger partial charge in [-0.2, -0.15) is 11.8 Å². The lowest BCUT2D eigenvalue weighted by Crippen LogP contribution is -2.65. The van der Waals surface area contributed by atoms with Crippen LogP contribution < -0.4 is 5.32 Å². The monoisotopic (exact) mass is 312 g/mol. The topological polar surface area (TPSA) is 49.4 Å². The molecule has 21 heavy (non-hydrogen) atoms. The summed E-state index contributed by atoms with van der Waals surface area (Å²) in [5.41, 5.74) is 0. The van der Waals surface area contributed by atoms with Crippen molar-refractivity contribution >= 4 is 23.6 Å². The first-order valence-electron chi connectivity index (χ1n) is 8.27. The lowest BCUT2D eigenvalue weighted by Gasteiger charge is -2.42. The fraction of sp³-hybridized carbons (Fsp3) is 0.875. The van der Waals surface area contributed by atoms with E-state index >= 15 is 0 Å². The van der Waals surface area contributed by atoms with Gasteiger partial charge >= 0.3 is 0 Å². The molecule has 3 unspecified atom stereocenters. The zero-order valence-electron chi connectivity index (χ0n) is 13.4. The van der Waals surface area contributed by atoms with Crippen molar-refractivity contribution in [2.24, 2.45) is 5.92 Å². The van der Waals surface area contributed by atoms with Gasteiger partial charge in [0.25, 0.3) is 0 Å². The molecular weight excluding hydrogens is 284 g/mol. The van der Waals surface area contributed by atoms with Crippen LogP contribution in [0, 0.1) is 5.92 Å². The summed E-state index contributed by atoms with van der Waals surface area (Å²) in [7, 11) is 0. The molecule has 0 spiro atoms. The first-order chi connectivity index (χ1) is 10.0. The molecule has 0 radical (unpaired) electrons. The molecule has 0 aromatic heterocycles. The van der Waals surface area contributed by atoms with Crippen LogP contribution in [0.5, 0.6) is 0 Å². The average Bonchev–Trinajstić information content (AvgIpc) is 2.45. The molecule has 2 aliphatic heterocycles. The Labute approximate surface area is 132 Å². The molecule has 120 valence electrons. The van der Waals surface area contributed by atoms with Crippen molar-refractivity contribution < 1.29 is 9.59 Å². The minimum Gasteiger partial charge on any atom is -0.342 e. The zero-order chi connectivity index (χ0) is 15.4. The van der Waals surface area contributed by atoms with Crippen molar-refractivity contribution in [2.45, 2.75) is 70.2 Å². The molecule has 2 rings (SSSR count). The molecule has 2 saturated heterocycles. The minimum atomic E-state index is -0.314. The number of piperazine rings is 1. The summed E-state index contributed by atoms with van der Waals surface area (Å²) in [5.74, 6) is 1.50. The van der Waals surface area contributed by atoms with Crippen molar-refractivity contribution in [3.8, 4) is 0 Å². The lowest BCUT2D eigenvalue weighted by molar-refractivity contribution is -0.151. The third-order valence-electron chi connectivity index (χ3n) is 4.39. The van der Waals surface area contributed by atoms with E-state index in [0.717, 1.165) is 19.4 Å². The van der Waals surface area contributed by atoms with Crippen LogP contribution in [0.1, 0.15) is 52.9 Å². The summed E-state index contributed by atoms with van der Waals surface area (Å²) in [6.45, 7) is 6.84. The molecule has 2 aliphatic rings.